The van der Waals surface area contributed by atoms with Crippen LogP contribution in [0, 0.1) is 0 Å². The van der Waals surface area contributed by atoms with Gasteiger partial charge >= 0.3 is 0 Å². The maximum atomic E-state index is 9.34. The van der Waals surface area contributed by atoms with Crippen molar-refractivity contribution in [1.82, 2.24) is 4.90 Å². The van der Waals surface area contributed by atoms with Crippen molar-refractivity contribution < 1.29 is 15.3 Å². The van der Waals surface area contributed by atoms with Gasteiger partial charge in [-0.15, -0.1) is 0 Å². The monoisotopic (exact) mass is 161 g/mol. The average molecular weight is 161 g/mol. The molecule has 1 unspecified atom stereocenters. The summed E-state index contributed by atoms with van der Waals surface area (Å²) in [6, 6.07) is -0.0894. The van der Waals surface area contributed by atoms with Crippen molar-refractivity contribution in [2.45, 2.75) is 31.3 Å². The van der Waals surface area contributed by atoms with Crippen LogP contribution in [-0.2, 0) is 0 Å². The third kappa shape index (κ3) is 1.54. The summed E-state index contributed by atoms with van der Waals surface area (Å²) in [6.45, 7) is 2.24. The standard InChI is InChI=1S/C7H15NO3/c1-4-6(10)7(11)5(9)3-8(4)2/h4-7,9-11H,3H2,1-2H3/t4-,5+,6+,7?/m1/s1. The summed E-state index contributed by atoms with van der Waals surface area (Å²) < 4.78 is 0. The van der Waals surface area contributed by atoms with Crippen LogP contribution in [0.4, 0.5) is 0 Å². The fourth-order valence-corrected chi connectivity index (χ4v) is 1.34. The van der Waals surface area contributed by atoms with Crippen LogP contribution in [0.3, 0.4) is 0 Å². The van der Waals surface area contributed by atoms with Gasteiger partial charge in [0, 0.05) is 12.6 Å². The van der Waals surface area contributed by atoms with Gasteiger partial charge in [-0.25, -0.2) is 0 Å². The molecule has 1 rings (SSSR count). The van der Waals surface area contributed by atoms with Gasteiger partial charge in [0.2, 0.25) is 0 Å². The fraction of sp³-hybridized carbons (Fsp3) is 1.00. The molecule has 0 aromatic carbocycles. The SMILES string of the molecule is C[C@@H]1[C@H](O)C(O)[C@@H](O)CN1C. The minimum atomic E-state index is -0.999. The molecule has 3 N–H and O–H groups in total. The molecule has 0 spiro atoms. The Labute approximate surface area is 66.1 Å². The normalized spacial score (nSPS) is 47.7. The number of likely N-dealkylation sites (N-methyl/N-ethyl adjacent to an activating group) is 1. The van der Waals surface area contributed by atoms with Crippen molar-refractivity contribution in [2.75, 3.05) is 13.6 Å². The second-order valence-electron chi connectivity index (χ2n) is 3.23. The van der Waals surface area contributed by atoms with Crippen molar-refractivity contribution in [2.24, 2.45) is 0 Å². The molecular formula is C7H15NO3. The van der Waals surface area contributed by atoms with Gasteiger partial charge in [-0.1, -0.05) is 0 Å². The Morgan fingerprint density at radius 1 is 1.18 bits per heavy atom. The first kappa shape index (κ1) is 8.93. The second kappa shape index (κ2) is 3.06. The Morgan fingerprint density at radius 3 is 2.27 bits per heavy atom. The Hall–Kier alpha value is -0.160. The summed E-state index contributed by atoms with van der Waals surface area (Å²) >= 11 is 0. The second-order valence-corrected chi connectivity index (χ2v) is 3.23. The number of nitrogens with zero attached hydrogens (tertiary/aromatic N) is 1. The topological polar surface area (TPSA) is 63.9 Å². The van der Waals surface area contributed by atoms with Crippen LogP contribution < -0.4 is 0 Å². The van der Waals surface area contributed by atoms with Gasteiger partial charge in [0.25, 0.3) is 0 Å². The summed E-state index contributed by atoms with van der Waals surface area (Å²) in [4.78, 5) is 1.82. The van der Waals surface area contributed by atoms with Crippen molar-refractivity contribution in [3.8, 4) is 0 Å². The minimum Gasteiger partial charge on any atom is -0.389 e. The van der Waals surface area contributed by atoms with Gasteiger partial charge in [-0.3, -0.25) is 4.90 Å². The summed E-state index contributed by atoms with van der Waals surface area (Å²) in [6.07, 6.45) is -2.67. The smallest absolute Gasteiger partial charge is 0.108 e. The van der Waals surface area contributed by atoms with Crippen LogP contribution in [0.1, 0.15) is 6.92 Å². The highest BCUT2D eigenvalue weighted by molar-refractivity contribution is 4.90. The lowest BCUT2D eigenvalue weighted by atomic mass is 9.96. The minimum absolute atomic E-state index is 0.0894. The van der Waals surface area contributed by atoms with Crippen LogP contribution in [0.15, 0.2) is 0 Å². The van der Waals surface area contributed by atoms with Gasteiger partial charge in [-0.05, 0) is 14.0 Å². The molecule has 1 heterocycles. The molecule has 1 saturated heterocycles. The number of aliphatic hydroxyl groups excluding tert-OH is 3. The van der Waals surface area contributed by atoms with Crippen molar-refractivity contribution >= 4 is 0 Å². The lowest BCUT2D eigenvalue weighted by Gasteiger charge is -2.40. The first-order valence-corrected chi connectivity index (χ1v) is 3.78. The summed E-state index contributed by atoms with van der Waals surface area (Å²) in [5, 5.41) is 27.7. The van der Waals surface area contributed by atoms with Crippen LogP contribution in [-0.4, -0.2) is 58.2 Å². The van der Waals surface area contributed by atoms with Gasteiger partial charge in [0.15, 0.2) is 0 Å². The van der Waals surface area contributed by atoms with E-state index < -0.39 is 18.3 Å². The zero-order chi connectivity index (χ0) is 8.59. The third-order valence-electron chi connectivity index (χ3n) is 2.41. The fourth-order valence-electron chi connectivity index (χ4n) is 1.34. The first-order valence-electron chi connectivity index (χ1n) is 3.78. The van der Waals surface area contributed by atoms with Crippen molar-refractivity contribution in [1.29, 1.82) is 0 Å². The molecule has 4 nitrogen and oxygen atoms in total. The van der Waals surface area contributed by atoms with E-state index in [1.54, 1.807) is 0 Å². The Bertz CT molecular complexity index is 128. The number of β-amino-alcohol motifs (C(OH)–C–C–N with tert-alkyl or cyclic N) is 1. The highest BCUT2D eigenvalue weighted by Gasteiger charge is 2.36. The maximum absolute atomic E-state index is 9.34. The Kier molecular flexibility index (Phi) is 2.49. The van der Waals surface area contributed by atoms with E-state index in [1.165, 1.54) is 0 Å². The molecule has 66 valence electrons. The van der Waals surface area contributed by atoms with E-state index in [1.807, 2.05) is 18.9 Å². The van der Waals surface area contributed by atoms with Gasteiger partial charge < -0.3 is 15.3 Å². The van der Waals surface area contributed by atoms with E-state index in [0.29, 0.717) is 6.54 Å². The molecule has 1 aliphatic heterocycles. The van der Waals surface area contributed by atoms with Gasteiger partial charge in [0.05, 0.1) is 12.2 Å². The number of hydrogen-bond donors (Lipinski definition) is 3. The Balaban J connectivity index is 2.63. The van der Waals surface area contributed by atoms with Crippen molar-refractivity contribution in [3.05, 3.63) is 0 Å². The number of aliphatic hydroxyl groups is 3. The molecule has 0 aromatic rings. The molecule has 0 radical (unpaired) electrons. The van der Waals surface area contributed by atoms with E-state index in [2.05, 4.69) is 0 Å². The number of hydrogen-bond acceptors (Lipinski definition) is 4. The number of likely N-dealkylation sites (tertiary alicyclic amines) is 1. The Morgan fingerprint density at radius 2 is 1.73 bits per heavy atom. The number of rotatable bonds is 0. The molecule has 0 saturated carbocycles. The molecule has 11 heavy (non-hydrogen) atoms. The van der Waals surface area contributed by atoms with E-state index >= 15 is 0 Å². The van der Waals surface area contributed by atoms with Crippen LogP contribution >= 0.6 is 0 Å². The molecule has 1 fully saturated rings. The summed E-state index contributed by atoms with van der Waals surface area (Å²) in [5.74, 6) is 0. The van der Waals surface area contributed by atoms with E-state index in [0.717, 1.165) is 0 Å². The predicted molar refractivity (Wildman–Crippen MR) is 40.1 cm³/mol. The molecule has 4 heteroatoms. The molecule has 0 aromatic heterocycles. The largest absolute Gasteiger partial charge is 0.389 e. The lowest BCUT2D eigenvalue weighted by Crippen LogP contribution is -2.58. The van der Waals surface area contributed by atoms with Crippen LogP contribution in [0.5, 0.6) is 0 Å². The third-order valence-corrected chi connectivity index (χ3v) is 2.41. The zero-order valence-electron chi connectivity index (χ0n) is 6.81. The van der Waals surface area contributed by atoms with Crippen LogP contribution in [0.2, 0.25) is 0 Å². The van der Waals surface area contributed by atoms with Gasteiger partial charge in [-0.2, -0.15) is 0 Å². The van der Waals surface area contributed by atoms with E-state index in [9.17, 15) is 15.3 Å². The summed E-state index contributed by atoms with van der Waals surface area (Å²) in [7, 11) is 1.81. The highest BCUT2D eigenvalue weighted by Crippen LogP contribution is 2.16. The quantitative estimate of drug-likeness (QED) is 0.400. The maximum Gasteiger partial charge on any atom is 0.108 e. The average Bonchev–Trinajstić information content (AvgIpc) is 1.97. The molecule has 0 aliphatic carbocycles. The molecule has 4 atom stereocenters. The molecule has 0 amide bonds. The van der Waals surface area contributed by atoms with E-state index in [-0.39, 0.29) is 6.04 Å². The first-order chi connectivity index (χ1) is 5.04. The highest BCUT2D eigenvalue weighted by atomic mass is 16.4. The molecule has 0 bridgehead atoms. The molecular weight excluding hydrogens is 146 g/mol. The number of piperidine rings is 1. The summed E-state index contributed by atoms with van der Waals surface area (Å²) in [5.41, 5.74) is 0. The van der Waals surface area contributed by atoms with Gasteiger partial charge in [0.1, 0.15) is 6.10 Å². The predicted octanol–water partition coefficient (Wildman–Crippen LogP) is -1.60. The van der Waals surface area contributed by atoms with E-state index in [4.69, 9.17) is 0 Å². The van der Waals surface area contributed by atoms with Crippen LogP contribution in [0.25, 0.3) is 0 Å². The molecule has 1 aliphatic rings. The zero-order valence-corrected chi connectivity index (χ0v) is 6.81. The van der Waals surface area contributed by atoms with Crippen molar-refractivity contribution in [3.63, 3.8) is 0 Å². The lowest BCUT2D eigenvalue weighted by molar-refractivity contribution is -0.127.